The quantitative estimate of drug-likeness (QED) is 0.368. The average molecular weight is 569 g/mol. The van der Waals surface area contributed by atoms with Gasteiger partial charge in [0.15, 0.2) is 0 Å². The highest BCUT2D eigenvalue weighted by molar-refractivity contribution is 7.92. The lowest BCUT2D eigenvalue weighted by Gasteiger charge is -2.30. The maximum Gasteiger partial charge on any atom is 0.229 e. The number of ether oxygens (including phenoxy) is 2. The summed E-state index contributed by atoms with van der Waals surface area (Å²) in [5.74, 6) is 2.36. The molecular weight excluding hydrogens is 532 g/mol. The Hall–Kier alpha value is -3.29. The van der Waals surface area contributed by atoms with E-state index in [1.165, 1.54) is 11.8 Å². The fourth-order valence-corrected chi connectivity index (χ4v) is 6.11. The van der Waals surface area contributed by atoms with Crippen molar-refractivity contribution in [1.82, 2.24) is 25.3 Å². The number of hydrogen-bond acceptors (Lipinski definition) is 11. The minimum absolute atomic E-state index is 0.336. The summed E-state index contributed by atoms with van der Waals surface area (Å²) in [4.78, 5) is 20.8. The van der Waals surface area contributed by atoms with E-state index in [9.17, 15) is 8.42 Å². The van der Waals surface area contributed by atoms with Gasteiger partial charge >= 0.3 is 0 Å². The second kappa shape index (κ2) is 11.7. The summed E-state index contributed by atoms with van der Waals surface area (Å²) in [6.45, 7) is 5.09. The van der Waals surface area contributed by atoms with Gasteiger partial charge in [-0.15, -0.1) is 0 Å². The number of morpholine rings is 1. The van der Waals surface area contributed by atoms with Crippen LogP contribution in [0.25, 0.3) is 10.9 Å². The van der Waals surface area contributed by atoms with E-state index in [4.69, 9.17) is 19.4 Å². The van der Waals surface area contributed by atoms with E-state index >= 15 is 0 Å². The molecule has 1 saturated carbocycles. The largest absolute Gasteiger partial charge is 0.477 e. The molecule has 3 aromatic rings. The van der Waals surface area contributed by atoms with Crippen LogP contribution < -0.4 is 25.0 Å². The molecule has 0 radical (unpaired) electrons. The first-order valence-electron chi connectivity index (χ1n) is 14.0. The fraction of sp³-hybridized carbons (Fsp3) is 0.556. The van der Waals surface area contributed by atoms with Gasteiger partial charge in [0.05, 0.1) is 54.6 Å². The Kier molecular flexibility index (Phi) is 7.85. The minimum Gasteiger partial charge on any atom is -0.477 e. The van der Waals surface area contributed by atoms with Crippen LogP contribution in [-0.4, -0.2) is 80.1 Å². The SMILES string of the molecule is CS(=O)(=O)Nc1cnc2cc(N3CCOCC3)nc(OCC3CCC(Nc4ncc5c(n4)CNCC5)CC3)c2c1. The predicted octanol–water partition coefficient (Wildman–Crippen LogP) is 2.32. The van der Waals surface area contributed by atoms with Gasteiger partial charge in [0.25, 0.3) is 0 Å². The van der Waals surface area contributed by atoms with Crippen LogP contribution in [0.3, 0.4) is 0 Å². The van der Waals surface area contributed by atoms with Crippen molar-refractivity contribution in [1.29, 1.82) is 0 Å². The second-order valence-corrected chi connectivity index (χ2v) is 12.6. The van der Waals surface area contributed by atoms with Crippen LogP contribution in [0.1, 0.15) is 36.9 Å². The molecule has 0 amide bonds. The highest BCUT2D eigenvalue weighted by Crippen LogP contribution is 2.32. The number of sulfonamides is 1. The van der Waals surface area contributed by atoms with Crippen LogP contribution in [0.15, 0.2) is 24.5 Å². The molecule has 3 aliphatic rings. The van der Waals surface area contributed by atoms with Gasteiger partial charge in [0, 0.05) is 37.9 Å². The number of fused-ring (bicyclic) bond motifs is 2. The monoisotopic (exact) mass is 568 g/mol. The van der Waals surface area contributed by atoms with Crippen molar-refractivity contribution in [2.45, 2.75) is 44.7 Å². The van der Waals surface area contributed by atoms with Gasteiger partial charge < -0.3 is 25.0 Å². The van der Waals surface area contributed by atoms with Crippen molar-refractivity contribution in [2.24, 2.45) is 5.92 Å². The molecule has 3 N–H and O–H groups in total. The van der Waals surface area contributed by atoms with Crippen molar-refractivity contribution < 1.29 is 17.9 Å². The van der Waals surface area contributed by atoms with Crippen molar-refractivity contribution in [3.8, 4) is 5.88 Å². The summed E-state index contributed by atoms with van der Waals surface area (Å²) < 4.78 is 38.0. The van der Waals surface area contributed by atoms with E-state index in [0.717, 1.165) is 76.1 Å². The summed E-state index contributed by atoms with van der Waals surface area (Å²) in [5, 5.41) is 7.59. The number of nitrogens with zero attached hydrogens (tertiary/aromatic N) is 5. The molecule has 1 saturated heterocycles. The van der Waals surface area contributed by atoms with Gasteiger partial charge in [-0.2, -0.15) is 4.98 Å². The number of rotatable bonds is 8. The first-order valence-corrected chi connectivity index (χ1v) is 15.8. The summed E-state index contributed by atoms with van der Waals surface area (Å²) in [7, 11) is -3.44. The lowest BCUT2D eigenvalue weighted by atomic mass is 9.86. The highest BCUT2D eigenvalue weighted by atomic mass is 32.2. The zero-order valence-electron chi connectivity index (χ0n) is 22.7. The standard InChI is InChI=1S/C27H36N8O4S/c1-40(36,37)34-21-12-22-23(29-15-21)13-25(35-8-10-38-11-9-35)33-26(22)39-17-18-2-4-20(5-3-18)31-27-30-14-19-6-7-28-16-24(19)32-27/h12-15,18,20,28,34H,2-11,16-17H2,1H3,(H,30,31,32). The number of pyridine rings is 2. The van der Waals surface area contributed by atoms with Crippen molar-refractivity contribution in [2.75, 3.05) is 60.6 Å². The Morgan fingerprint density at radius 3 is 2.73 bits per heavy atom. The molecular formula is C27H36N8O4S. The molecule has 1 aliphatic carbocycles. The fourth-order valence-electron chi connectivity index (χ4n) is 5.57. The zero-order valence-corrected chi connectivity index (χ0v) is 23.5. The normalized spacial score (nSPS) is 21.6. The van der Waals surface area contributed by atoms with E-state index in [0.29, 0.717) is 60.2 Å². The molecule has 40 heavy (non-hydrogen) atoms. The topological polar surface area (TPSA) is 143 Å². The van der Waals surface area contributed by atoms with E-state index in [1.807, 2.05) is 12.3 Å². The van der Waals surface area contributed by atoms with E-state index < -0.39 is 10.0 Å². The van der Waals surface area contributed by atoms with E-state index in [-0.39, 0.29) is 0 Å². The number of anilines is 3. The average Bonchev–Trinajstić information content (AvgIpc) is 2.96. The molecule has 0 spiro atoms. The number of aromatic nitrogens is 4. The molecule has 0 bridgehead atoms. The highest BCUT2D eigenvalue weighted by Gasteiger charge is 2.24. The van der Waals surface area contributed by atoms with Gasteiger partial charge in [0.1, 0.15) is 5.82 Å². The summed E-state index contributed by atoms with van der Waals surface area (Å²) in [5.41, 5.74) is 3.42. The van der Waals surface area contributed by atoms with Crippen LogP contribution in [0.5, 0.6) is 5.88 Å². The van der Waals surface area contributed by atoms with Gasteiger partial charge in [-0.1, -0.05) is 0 Å². The third-order valence-electron chi connectivity index (χ3n) is 7.72. The lowest BCUT2D eigenvalue weighted by Crippen LogP contribution is -2.36. The van der Waals surface area contributed by atoms with Crippen molar-refractivity contribution in [3.63, 3.8) is 0 Å². The molecule has 2 aliphatic heterocycles. The van der Waals surface area contributed by atoms with Crippen LogP contribution in [0, 0.1) is 5.92 Å². The smallest absolute Gasteiger partial charge is 0.229 e. The van der Waals surface area contributed by atoms with Crippen molar-refractivity contribution >= 4 is 38.4 Å². The Bertz CT molecular complexity index is 1460. The van der Waals surface area contributed by atoms with Gasteiger partial charge in [-0.3, -0.25) is 9.71 Å². The van der Waals surface area contributed by atoms with Gasteiger partial charge in [-0.05, 0) is 56.2 Å². The molecule has 13 heteroatoms. The van der Waals surface area contributed by atoms with Crippen LogP contribution in [0.2, 0.25) is 0 Å². The summed E-state index contributed by atoms with van der Waals surface area (Å²) in [6.07, 6.45) is 9.64. The molecule has 0 atom stereocenters. The third-order valence-corrected chi connectivity index (χ3v) is 8.33. The second-order valence-electron chi connectivity index (χ2n) is 10.8. The van der Waals surface area contributed by atoms with E-state index in [1.54, 1.807) is 6.07 Å². The number of nitrogens with one attached hydrogen (secondary N) is 3. The molecule has 6 rings (SSSR count). The maximum atomic E-state index is 11.8. The zero-order chi connectivity index (χ0) is 27.5. The Morgan fingerprint density at radius 1 is 1.10 bits per heavy atom. The molecule has 0 unspecified atom stereocenters. The Labute approximate surface area is 234 Å². The van der Waals surface area contributed by atoms with Crippen LogP contribution in [-0.2, 0) is 27.7 Å². The molecule has 2 fully saturated rings. The van der Waals surface area contributed by atoms with Gasteiger partial charge in [-0.25, -0.2) is 18.4 Å². The Morgan fingerprint density at radius 2 is 1.93 bits per heavy atom. The van der Waals surface area contributed by atoms with Gasteiger partial charge in [0.2, 0.25) is 21.9 Å². The van der Waals surface area contributed by atoms with Crippen LogP contribution in [0.4, 0.5) is 17.5 Å². The minimum atomic E-state index is -3.44. The van der Waals surface area contributed by atoms with Crippen molar-refractivity contribution in [3.05, 3.63) is 35.8 Å². The first kappa shape index (κ1) is 26.9. The first-order chi connectivity index (χ1) is 19.4. The summed E-state index contributed by atoms with van der Waals surface area (Å²) >= 11 is 0. The third kappa shape index (κ3) is 6.53. The molecule has 3 aromatic heterocycles. The summed E-state index contributed by atoms with van der Waals surface area (Å²) in [6, 6.07) is 4.00. The maximum absolute atomic E-state index is 11.8. The Balaban J connectivity index is 1.12. The van der Waals surface area contributed by atoms with Crippen LogP contribution >= 0.6 is 0 Å². The molecule has 214 valence electrons. The lowest BCUT2D eigenvalue weighted by molar-refractivity contribution is 0.122. The molecule has 12 nitrogen and oxygen atoms in total. The number of hydrogen-bond donors (Lipinski definition) is 3. The molecule has 0 aromatic carbocycles. The van der Waals surface area contributed by atoms with E-state index in [2.05, 4.69) is 30.2 Å². The predicted molar refractivity (Wildman–Crippen MR) is 153 cm³/mol. The molecule has 5 heterocycles.